The van der Waals surface area contributed by atoms with E-state index in [9.17, 15) is 4.39 Å². The highest BCUT2D eigenvalue weighted by atomic mass is 35.5. The number of anilines is 3. The molecule has 0 spiro atoms. The van der Waals surface area contributed by atoms with E-state index in [1.165, 1.54) is 18.3 Å². The third-order valence-corrected chi connectivity index (χ3v) is 3.44. The van der Waals surface area contributed by atoms with E-state index in [-0.39, 0.29) is 5.82 Å². The quantitative estimate of drug-likeness (QED) is 0.740. The van der Waals surface area contributed by atoms with Crippen molar-refractivity contribution in [1.29, 1.82) is 0 Å². The van der Waals surface area contributed by atoms with Gasteiger partial charge in [0.15, 0.2) is 5.82 Å². The predicted molar refractivity (Wildman–Crippen MR) is 88.3 cm³/mol. The molecule has 5 nitrogen and oxygen atoms in total. The van der Waals surface area contributed by atoms with Gasteiger partial charge in [-0.2, -0.15) is 10.1 Å². The van der Waals surface area contributed by atoms with Gasteiger partial charge in [0.2, 0.25) is 5.95 Å². The smallest absolute Gasteiger partial charge is 0.244 e. The molecule has 3 aromatic rings. The molecular weight excluding hydrogens is 317 g/mol. The molecule has 1 heterocycles. The van der Waals surface area contributed by atoms with E-state index in [4.69, 9.17) is 11.6 Å². The van der Waals surface area contributed by atoms with Gasteiger partial charge in [-0.05, 0) is 35.9 Å². The second kappa shape index (κ2) is 7.02. The molecule has 0 amide bonds. The molecule has 116 valence electrons. The molecule has 0 bridgehead atoms. The van der Waals surface area contributed by atoms with Crippen molar-refractivity contribution >= 4 is 29.1 Å². The number of aromatic nitrogens is 3. The van der Waals surface area contributed by atoms with Gasteiger partial charge in [-0.3, -0.25) is 0 Å². The molecule has 0 fully saturated rings. The van der Waals surface area contributed by atoms with Crippen LogP contribution in [-0.4, -0.2) is 15.2 Å². The number of nitrogens with zero attached hydrogens (tertiary/aromatic N) is 3. The Balaban J connectivity index is 1.67. The normalized spacial score (nSPS) is 10.3. The summed E-state index contributed by atoms with van der Waals surface area (Å²) >= 11 is 6.10. The van der Waals surface area contributed by atoms with Crippen LogP contribution in [0.3, 0.4) is 0 Å². The van der Waals surface area contributed by atoms with Crippen molar-refractivity contribution in [2.24, 2.45) is 0 Å². The molecule has 2 N–H and O–H groups in total. The lowest BCUT2D eigenvalue weighted by atomic mass is 10.2. The van der Waals surface area contributed by atoms with Crippen LogP contribution in [0.5, 0.6) is 0 Å². The molecule has 0 radical (unpaired) electrons. The number of hydrogen-bond acceptors (Lipinski definition) is 5. The molecule has 0 saturated carbocycles. The summed E-state index contributed by atoms with van der Waals surface area (Å²) in [7, 11) is 0. The molecule has 0 aliphatic heterocycles. The Hall–Kier alpha value is -2.73. The molecule has 7 heteroatoms. The van der Waals surface area contributed by atoms with Gasteiger partial charge < -0.3 is 10.6 Å². The van der Waals surface area contributed by atoms with E-state index in [2.05, 4.69) is 25.8 Å². The Labute approximate surface area is 137 Å². The maximum Gasteiger partial charge on any atom is 0.244 e. The maximum atomic E-state index is 12.9. The highest BCUT2D eigenvalue weighted by Gasteiger charge is 2.03. The molecule has 3 rings (SSSR count). The van der Waals surface area contributed by atoms with Crippen LogP contribution in [-0.2, 0) is 6.54 Å². The van der Waals surface area contributed by atoms with Crippen LogP contribution in [0.25, 0.3) is 0 Å². The lowest BCUT2D eigenvalue weighted by Crippen LogP contribution is -2.06. The standard InChI is InChI=1S/C16H13ClFN5/c17-14-4-2-1-3-11(14)9-19-16-22-15(10-20-23-16)21-13-7-5-12(18)6-8-13/h1-8,10H,9H2,(H2,19,21,22,23). The second-order valence-corrected chi connectivity index (χ2v) is 5.15. The minimum atomic E-state index is -0.293. The highest BCUT2D eigenvalue weighted by molar-refractivity contribution is 6.31. The zero-order valence-corrected chi connectivity index (χ0v) is 12.8. The topological polar surface area (TPSA) is 62.7 Å². The van der Waals surface area contributed by atoms with Crippen LogP contribution in [0, 0.1) is 5.82 Å². The molecule has 1 aromatic heterocycles. The molecule has 0 aliphatic rings. The van der Waals surface area contributed by atoms with Gasteiger partial charge in [-0.1, -0.05) is 29.8 Å². The predicted octanol–water partition coefficient (Wildman–Crippen LogP) is 4.02. The molecule has 0 atom stereocenters. The molecular formula is C16H13ClFN5. The van der Waals surface area contributed by atoms with Crippen molar-refractivity contribution in [2.45, 2.75) is 6.54 Å². The lowest BCUT2D eigenvalue weighted by Gasteiger charge is -2.08. The third kappa shape index (κ3) is 4.14. The summed E-state index contributed by atoms with van der Waals surface area (Å²) in [6.45, 7) is 0.487. The van der Waals surface area contributed by atoms with Gasteiger partial charge in [-0.15, -0.1) is 5.10 Å². The molecule has 0 saturated heterocycles. The minimum Gasteiger partial charge on any atom is -0.349 e. The number of nitrogens with one attached hydrogen (secondary N) is 2. The minimum absolute atomic E-state index is 0.293. The fourth-order valence-corrected chi connectivity index (χ4v) is 2.14. The van der Waals surface area contributed by atoms with Crippen molar-refractivity contribution < 1.29 is 4.39 Å². The van der Waals surface area contributed by atoms with Gasteiger partial charge in [0, 0.05) is 17.3 Å². The summed E-state index contributed by atoms with van der Waals surface area (Å²) in [5.74, 6) is 0.587. The van der Waals surface area contributed by atoms with Crippen molar-refractivity contribution in [3.8, 4) is 0 Å². The average Bonchev–Trinajstić information content (AvgIpc) is 2.57. The third-order valence-electron chi connectivity index (χ3n) is 3.07. The Kier molecular flexibility index (Phi) is 4.63. The van der Waals surface area contributed by atoms with E-state index in [1.54, 1.807) is 12.1 Å². The largest absolute Gasteiger partial charge is 0.349 e. The summed E-state index contributed by atoms with van der Waals surface area (Å²) in [5.41, 5.74) is 1.65. The first-order chi connectivity index (χ1) is 11.2. The fraction of sp³-hybridized carbons (Fsp3) is 0.0625. The van der Waals surface area contributed by atoms with Crippen LogP contribution in [0.4, 0.5) is 21.8 Å². The van der Waals surface area contributed by atoms with Gasteiger partial charge in [0.1, 0.15) is 5.82 Å². The molecule has 0 aliphatic carbocycles. The summed E-state index contributed by atoms with van der Waals surface area (Å²) in [5, 5.41) is 14.6. The van der Waals surface area contributed by atoms with Crippen LogP contribution in [0.2, 0.25) is 5.02 Å². The number of hydrogen-bond donors (Lipinski definition) is 2. The van der Waals surface area contributed by atoms with Gasteiger partial charge in [-0.25, -0.2) is 4.39 Å². The Bertz CT molecular complexity index is 794. The van der Waals surface area contributed by atoms with E-state index < -0.39 is 0 Å². The number of halogens is 2. The first-order valence-corrected chi connectivity index (χ1v) is 7.28. The number of rotatable bonds is 5. The Morgan fingerprint density at radius 1 is 1.04 bits per heavy atom. The fourth-order valence-electron chi connectivity index (χ4n) is 1.94. The monoisotopic (exact) mass is 329 g/mol. The van der Waals surface area contributed by atoms with Gasteiger partial charge in [0.05, 0.1) is 6.20 Å². The van der Waals surface area contributed by atoms with Crippen LogP contribution in [0.15, 0.2) is 54.7 Å². The first kappa shape index (κ1) is 15.2. The maximum absolute atomic E-state index is 12.9. The summed E-state index contributed by atoms with van der Waals surface area (Å²) in [4.78, 5) is 4.30. The van der Waals surface area contributed by atoms with Gasteiger partial charge >= 0.3 is 0 Å². The second-order valence-electron chi connectivity index (χ2n) is 4.74. The Morgan fingerprint density at radius 2 is 1.83 bits per heavy atom. The van der Waals surface area contributed by atoms with Gasteiger partial charge in [0.25, 0.3) is 0 Å². The number of benzene rings is 2. The zero-order chi connectivity index (χ0) is 16.1. The molecule has 23 heavy (non-hydrogen) atoms. The van der Waals surface area contributed by atoms with E-state index >= 15 is 0 Å². The summed E-state index contributed by atoms with van der Waals surface area (Å²) < 4.78 is 12.9. The zero-order valence-electron chi connectivity index (χ0n) is 12.0. The SMILES string of the molecule is Fc1ccc(Nc2cnnc(NCc3ccccc3Cl)n2)cc1. The van der Waals surface area contributed by atoms with Crippen molar-refractivity contribution in [3.05, 3.63) is 71.1 Å². The van der Waals surface area contributed by atoms with Crippen LogP contribution >= 0.6 is 11.6 Å². The van der Waals surface area contributed by atoms with E-state index in [0.29, 0.717) is 29.0 Å². The van der Waals surface area contributed by atoms with E-state index in [1.807, 2.05) is 24.3 Å². The summed E-state index contributed by atoms with van der Waals surface area (Å²) in [6.07, 6.45) is 1.49. The highest BCUT2D eigenvalue weighted by Crippen LogP contribution is 2.17. The average molecular weight is 330 g/mol. The van der Waals surface area contributed by atoms with Crippen LogP contribution in [0.1, 0.15) is 5.56 Å². The first-order valence-electron chi connectivity index (χ1n) is 6.90. The molecule has 2 aromatic carbocycles. The van der Waals surface area contributed by atoms with E-state index in [0.717, 1.165) is 5.56 Å². The summed E-state index contributed by atoms with van der Waals surface area (Å²) in [6, 6.07) is 13.5. The van der Waals surface area contributed by atoms with Crippen molar-refractivity contribution in [3.63, 3.8) is 0 Å². The Morgan fingerprint density at radius 3 is 2.61 bits per heavy atom. The van der Waals surface area contributed by atoms with Crippen LogP contribution < -0.4 is 10.6 Å². The van der Waals surface area contributed by atoms with Crippen molar-refractivity contribution in [1.82, 2.24) is 15.2 Å². The van der Waals surface area contributed by atoms with Crippen molar-refractivity contribution in [2.75, 3.05) is 10.6 Å². The molecule has 0 unspecified atom stereocenters. The lowest BCUT2D eigenvalue weighted by molar-refractivity contribution is 0.628.